The van der Waals surface area contributed by atoms with Gasteiger partial charge < -0.3 is 0 Å². The van der Waals surface area contributed by atoms with E-state index in [1.807, 2.05) is 0 Å². The van der Waals surface area contributed by atoms with Crippen molar-refractivity contribution in [1.82, 2.24) is 0 Å². The van der Waals surface area contributed by atoms with Crippen LogP contribution < -0.4 is 14.0 Å². The molecule has 2 atom stereocenters. The molecule has 2 rings (SSSR count). The van der Waals surface area contributed by atoms with Crippen LogP contribution in [-0.2, 0) is 24.9 Å². The van der Waals surface area contributed by atoms with Crippen LogP contribution in [0.25, 0.3) is 0 Å². The van der Waals surface area contributed by atoms with E-state index in [9.17, 15) is 14.0 Å². The molecule has 0 spiro atoms. The molecule has 141 valence electrons. The normalized spacial score (nSPS) is 26.8. The summed E-state index contributed by atoms with van der Waals surface area (Å²) in [7, 11) is -2.77. The molecule has 24 heavy (non-hydrogen) atoms. The summed E-state index contributed by atoms with van der Waals surface area (Å²) in [6.45, 7) is 0. The molecule has 2 unspecified atom stereocenters. The average Bonchev–Trinajstić information content (AvgIpc) is 2.44. The van der Waals surface area contributed by atoms with Gasteiger partial charge in [-0.05, 0) is 0 Å². The SMILES string of the molecule is COC1CCC=CCC[CH]1[Pd]([O][Cl+3]([O-])([O-])[O-])[C]1=CCCC=CCC1. The first kappa shape index (κ1) is 20.3. The van der Waals surface area contributed by atoms with Crippen molar-refractivity contribution in [2.75, 3.05) is 7.11 Å². The van der Waals surface area contributed by atoms with Crippen molar-refractivity contribution >= 4 is 0 Å². The predicted octanol–water partition coefficient (Wildman–Crippen LogP) is 1.38. The Kier molecular flexibility index (Phi) is 8.62. The van der Waals surface area contributed by atoms with Crippen LogP contribution in [0.4, 0.5) is 0 Å². The molecular formula is C17H26ClO5Pd. The molecule has 2 aliphatic carbocycles. The van der Waals surface area contributed by atoms with E-state index in [0.717, 1.165) is 55.4 Å². The van der Waals surface area contributed by atoms with E-state index in [2.05, 4.69) is 30.4 Å². The summed E-state index contributed by atoms with van der Waals surface area (Å²) in [4.78, 5) is 0. The minimum absolute atomic E-state index is 0.0307. The standard InChI is InChI=1S/C9H15O.C8H11.ClHO4.Pd/c1-10-9-7-5-3-2-4-6-8-9;1-2-4-6-8-7-5-3-1;2-1(3,4)5;/h2-3,8-9H,4-7H2,1H3;1-2,7H,3-6H2;(H,2,3,4,5);/q;;;+1/p-1. The van der Waals surface area contributed by atoms with Gasteiger partial charge in [0.05, 0.1) is 0 Å². The van der Waals surface area contributed by atoms with Crippen LogP contribution in [0.5, 0.6) is 0 Å². The predicted molar refractivity (Wildman–Crippen MR) is 78.9 cm³/mol. The Morgan fingerprint density at radius 1 is 0.958 bits per heavy atom. The molecule has 0 aliphatic heterocycles. The number of rotatable bonds is 5. The third-order valence-corrected chi connectivity index (χ3v) is 9.62. The van der Waals surface area contributed by atoms with Crippen molar-refractivity contribution in [3.63, 3.8) is 0 Å². The number of methoxy groups -OCH3 is 1. The van der Waals surface area contributed by atoms with Gasteiger partial charge in [0.2, 0.25) is 0 Å². The van der Waals surface area contributed by atoms with E-state index in [1.54, 1.807) is 7.11 Å². The van der Waals surface area contributed by atoms with Crippen LogP contribution in [0.2, 0.25) is 4.39 Å². The fourth-order valence-electron chi connectivity index (χ4n) is 2.85. The van der Waals surface area contributed by atoms with E-state index in [-0.39, 0.29) is 10.5 Å². The number of hydrogen-bond acceptors (Lipinski definition) is 5. The van der Waals surface area contributed by atoms with Crippen molar-refractivity contribution in [2.24, 2.45) is 0 Å². The molecule has 0 aromatic rings. The van der Waals surface area contributed by atoms with Gasteiger partial charge in [0, 0.05) is 0 Å². The first-order chi connectivity index (χ1) is 11.5. The number of hydrogen-bond donors (Lipinski definition) is 0. The summed E-state index contributed by atoms with van der Waals surface area (Å²) < 4.78 is 45.9. The third kappa shape index (κ3) is 6.70. The summed E-state index contributed by atoms with van der Waals surface area (Å²) in [6.07, 6.45) is 17.3. The van der Waals surface area contributed by atoms with Crippen molar-refractivity contribution in [3.8, 4) is 0 Å². The Morgan fingerprint density at radius 2 is 1.62 bits per heavy atom. The molecule has 0 fully saturated rings. The van der Waals surface area contributed by atoms with Gasteiger partial charge in [-0.1, -0.05) is 0 Å². The Bertz CT molecular complexity index is 472. The van der Waals surface area contributed by atoms with E-state index >= 15 is 0 Å². The van der Waals surface area contributed by atoms with Gasteiger partial charge >= 0.3 is 152 Å². The van der Waals surface area contributed by atoms with Gasteiger partial charge in [-0.15, -0.1) is 0 Å². The van der Waals surface area contributed by atoms with E-state index in [0.29, 0.717) is 0 Å². The third-order valence-electron chi connectivity index (χ3n) is 3.97. The van der Waals surface area contributed by atoms with Crippen LogP contribution in [0.3, 0.4) is 0 Å². The molecule has 0 aromatic heterocycles. The molecular weight excluding hydrogens is 426 g/mol. The van der Waals surface area contributed by atoms with Gasteiger partial charge in [-0.2, -0.15) is 0 Å². The summed E-state index contributed by atoms with van der Waals surface area (Å²) in [5, 5.41) is 0. The molecule has 0 bridgehead atoms. The van der Waals surface area contributed by atoms with Gasteiger partial charge in [0.15, 0.2) is 0 Å². The van der Waals surface area contributed by atoms with Crippen molar-refractivity contribution in [2.45, 2.75) is 61.9 Å². The van der Waals surface area contributed by atoms with Crippen LogP contribution in [0.15, 0.2) is 34.4 Å². The van der Waals surface area contributed by atoms with Gasteiger partial charge in [0.1, 0.15) is 0 Å². The quantitative estimate of drug-likeness (QED) is 0.465. The number of halogens is 1. The van der Waals surface area contributed by atoms with Crippen LogP contribution in [0.1, 0.15) is 51.4 Å². The number of allylic oxidation sites excluding steroid dienone is 6. The summed E-state index contributed by atoms with van der Waals surface area (Å²) in [5.74, 6) is 0. The zero-order valence-corrected chi connectivity index (χ0v) is 16.2. The fourth-order valence-corrected chi connectivity index (χ4v) is 8.60. The zero-order chi connectivity index (χ0) is 17.4. The van der Waals surface area contributed by atoms with Crippen LogP contribution in [0, 0.1) is 10.2 Å². The molecule has 0 saturated heterocycles. The topological polar surface area (TPSA) is 87.6 Å². The summed E-state index contributed by atoms with van der Waals surface area (Å²) >= 11 is -2.17. The van der Waals surface area contributed by atoms with Gasteiger partial charge in [-0.25, -0.2) is 0 Å². The van der Waals surface area contributed by atoms with E-state index in [1.165, 1.54) is 0 Å². The molecule has 0 aromatic carbocycles. The monoisotopic (exact) mass is 451 g/mol. The second kappa shape index (κ2) is 10.2. The Labute approximate surface area is 152 Å². The van der Waals surface area contributed by atoms with Crippen LogP contribution >= 0.6 is 0 Å². The zero-order valence-electron chi connectivity index (χ0n) is 13.9. The second-order valence-electron chi connectivity index (χ2n) is 5.73. The van der Waals surface area contributed by atoms with Crippen molar-refractivity contribution in [1.29, 1.82) is 0 Å². The maximum absolute atomic E-state index is 11.4. The van der Waals surface area contributed by atoms with Gasteiger partial charge in [0.25, 0.3) is 0 Å². The summed E-state index contributed by atoms with van der Waals surface area (Å²) in [6, 6.07) is 0. The fraction of sp³-hybridized carbons (Fsp3) is 0.647. The van der Waals surface area contributed by atoms with Crippen molar-refractivity contribution in [3.05, 3.63) is 34.4 Å². The van der Waals surface area contributed by atoms with E-state index in [4.69, 9.17) is 7.75 Å². The van der Waals surface area contributed by atoms with E-state index < -0.39 is 27.4 Å². The molecule has 0 saturated carbocycles. The van der Waals surface area contributed by atoms with Gasteiger partial charge in [-0.3, -0.25) is 0 Å². The molecule has 0 radical (unpaired) electrons. The Hall–Kier alpha value is -0.0277. The molecule has 2 aliphatic rings. The first-order valence-corrected chi connectivity index (χ1v) is 11.8. The molecule has 0 N–H and O–H groups in total. The van der Waals surface area contributed by atoms with Crippen molar-refractivity contribution < 1.29 is 49.1 Å². The second-order valence-corrected chi connectivity index (χ2v) is 10.6. The molecule has 7 heteroatoms. The van der Waals surface area contributed by atoms with Crippen LogP contribution in [-0.4, -0.2) is 13.2 Å². The number of ether oxygens (including phenoxy) is 1. The Morgan fingerprint density at radius 3 is 2.33 bits per heavy atom. The maximum atomic E-state index is 11.4. The Balaban J connectivity index is 2.26. The average molecular weight is 452 g/mol. The summed E-state index contributed by atoms with van der Waals surface area (Å²) in [5.41, 5.74) is 0. The molecule has 0 heterocycles. The first-order valence-electron chi connectivity index (χ1n) is 8.23. The minimum atomic E-state index is -4.43. The molecule has 0 amide bonds. The molecule has 5 nitrogen and oxygen atoms in total.